The molecule has 0 aliphatic heterocycles. The number of hydrazine groups is 1. The van der Waals surface area contributed by atoms with Crippen molar-refractivity contribution >= 4 is 21.5 Å². The Balaban J connectivity index is 2.68. The first kappa shape index (κ1) is 16.6. The summed E-state index contributed by atoms with van der Waals surface area (Å²) in [6.45, 7) is 4.61. The van der Waals surface area contributed by atoms with Crippen molar-refractivity contribution in [1.29, 1.82) is 0 Å². The number of nitrogen functional groups attached to an aromatic ring is 1. The minimum atomic E-state index is -3.00. The Hall–Kier alpha value is -1.45. The van der Waals surface area contributed by atoms with E-state index in [1.165, 1.54) is 0 Å². The van der Waals surface area contributed by atoms with Gasteiger partial charge in [-0.15, -0.1) is 0 Å². The molecule has 8 nitrogen and oxygen atoms in total. The van der Waals surface area contributed by atoms with E-state index in [0.717, 1.165) is 0 Å². The molecule has 0 spiro atoms. The van der Waals surface area contributed by atoms with Crippen LogP contribution in [0.25, 0.3) is 0 Å². The molecule has 1 heterocycles. The zero-order valence-corrected chi connectivity index (χ0v) is 12.5. The third kappa shape index (κ3) is 5.68. The minimum absolute atomic E-state index is 0.0552. The van der Waals surface area contributed by atoms with Crippen molar-refractivity contribution in [2.24, 2.45) is 5.84 Å². The third-order valence-corrected chi connectivity index (χ3v) is 4.22. The number of nitrogens with one attached hydrogen (secondary N) is 2. The molecule has 1 aromatic rings. The normalized spacial score (nSPS) is 11.3. The molecule has 1 aromatic heterocycles. The fourth-order valence-electron chi connectivity index (χ4n) is 1.40. The molecule has 4 N–H and O–H groups in total. The Kier molecular flexibility index (Phi) is 6.62. The highest BCUT2D eigenvalue weighted by Crippen LogP contribution is 2.11. The molecular weight excluding hydrogens is 282 g/mol. The molecular formula is C11H21N5O3S. The Morgan fingerprint density at radius 2 is 2.00 bits per heavy atom. The van der Waals surface area contributed by atoms with Gasteiger partial charge in [-0.05, 0) is 6.92 Å². The number of nitrogens with two attached hydrogens (primary N) is 1. The predicted octanol–water partition coefficient (Wildman–Crippen LogP) is 0.145. The van der Waals surface area contributed by atoms with E-state index in [1.807, 2.05) is 6.92 Å². The second kappa shape index (κ2) is 7.98. The highest BCUT2D eigenvalue weighted by molar-refractivity contribution is 7.91. The summed E-state index contributed by atoms with van der Waals surface area (Å²) in [7, 11) is -3.00. The van der Waals surface area contributed by atoms with Crippen LogP contribution in [0.5, 0.6) is 0 Å². The Morgan fingerprint density at radius 1 is 1.30 bits per heavy atom. The molecule has 0 unspecified atom stereocenters. The average molecular weight is 303 g/mol. The van der Waals surface area contributed by atoms with Crippen molar-refractivity contribution in [3.05, 3.63) is 11.9 Å². The Bertz CT molecular complexity index is 521. The maximum Gasteiger partial charge on any atom is 0.158 e. The van der Waals surface area contributed by atoms with Gasteiger partial charge in [-0.25, -0.2) is 24.2 Å². The fourth-order valence-corrected chi connectivity index (χ4v) is 2.10. The van der Waals surface area contributed by atoms with Gasteiger partial charge >= 0.3 is 0 Å². The molecule has 0 radical (unpaired) electrons. The molecule has 0 aliphatic carbocycles. The topological polar surface area (TPSA) is 119 Å². The quantitative estimate of drug-likeness (QED) is 0.435. The Morgan fingerprint density at radius 3 is 2.60 bits per heavy atom. The first-order valence-corrected chi connectivity index (χ1v) is 8.19. The van der Waals surface area contributed by atoms with Crippen molar-refractivity contribution in [1.82, 2.24) is 9.97 Å². The van der Waals surface area contributed by atoms with E-state index in [0.29, 0.717) is 24.1 Å². The third-order valence-electron chi connectivity index (χ3n) is 2.51. The van der Waals surface area contributed by atoms with Gasteiger partial charge in [0.25, 0.3) is 0 Å². The van der Waals surface area contributed by atoms with Crippen LogP contribution in [0.15, 0.2) is 6.07 Å². The number of nitrogens with zero attached hydrogens (tertiary/aromatic N) is 2. The molecule has 114 valence electrons. The first-order valence-electron chi connectivity index (χ1n) is 6.37. The lowest BCUT2D eigenvalue weighted by Crippen LogP contribution is -2.18. The van der Waals surface area contributed by atoms with Crippen LogP contribution in [-0.2, 0) is 21.2 Å². The van der Waals surface area contributed by atoms with Gasteiger partial charge in [-0.3, -0.25) is 0 Å². The van der Waals surface area contributed by atoms with Crippen LogP contribution < -0.4 is 16.6 Å². The van der Waals surface area contributed by atoms with E-state index in [2.05, 4.69) is 20.7 Å². The lowest BCUT2D eigenvalue weighted by atomic mass is 10.5. The first-order chi connectivity index (χ1) is 9.50. The van der Waals surface area contributed by atoms with E-state index in [-0.39, 0.29) is 24.7 Å². The van der Waals surface area contributed by atoms with E-state index in [4.69, 9.17) is 10.6 Å². The second-order valence-corrected chi connectivity index (χ2v) is 6.47. The highest BCUT2D eigenvalue weighted by Gasteiger charge is 2.08. The molecule has 9 heteroatoms. The van der Waals surface area contributed by atoms with Gasteiger partial charge in [0.05, 0.1) is 5.75 Å². The molecule has 0 aliphatic rings. The smallest absolute Gasteiger partial charge is 0.158 e. The van der Waals surface area contributed by atoms with Crippen LogP contribution in [0.4, 0.5) is 11.6 Å². The summed E-state index contributed by atoms with van der Waals surface area (Å²) in [4.78, 5) is 8.36. The van der Waals surface area contributed by atoms with E-state index < -0.39 is 9.84 Å². The van der Waals surface area contributed by atoms with Gasteiger partial charge < -0.3 is 15.5 Å². The van der Waals surface area contributed by atoms with Crippen molar-refractivity contribution in [2.75, 3.05) is 35.4 Å². The number of rotatable bonds is 9. The largest absolute Gasteiger partial charge is 0.374 e. The van der Waals surface area contributed by atoms with Crippen LogP contribution in [0.3, 0.4) is 0 Å². The van der Waals surface area contributed by atoms with Crippen LogP contribution in [0.1, 0.15) is 19.7 Å². The van der Waals surface area contributed by atoms with E-state index >= 15 is 0 Å². The zero-order valence-electron chi connectivity index (χ0n) is 11.7. The standard InChI is InChI=1S/C11H21N5O3S/c1-3-19-8-11-14-9(7-10(15-11)16-12)13-5-6-20(17,18)4-2/h7H,3-6,8,12H2,1-2H3,(H2,13,14,15,16). The molecule has 0 amide bonds. The number of aromatic nitrogens is 2. The summed E-state index contributed by atoms with van der Waals surface area (Å²) in [6, 6.07) is 1.61. The van der Waals surface area contributed by atoms with E-state index in [1.54, 1.807) is 13.0 Å². The van der Waals surface area contributed by atoms with Crippen molar-refractivity contribution in [3.63, 3.8) is 0 Å². The monoisotopic (exact) mass is 303 g/mol. The van der Waals surface area contributed by atoms with Gasteiger partial charge in [-0.2, -0.15) is 0 Å². The van der Waals surface area contributed by atoms with E-state index in [9.17, 15) is 8.42 Å². The Labute approximate surface area is 119 Å². The van der Waals surface area contributed by atoms with Crippen LogP contribution in [-0.4, -0.2) is 43.0 Å². The molecule has 20 heavy (non-hydrogen) atoms. The molecule has 0 bridgehead atoms. The zero-order chi connectivity index (χ0) is 15.0. The maximum atomic E-state index is 11.4. The lowest BCUT2D eigenvalue weighted by Gasteiger charge is -2.09. The molecule has 0 fully saturated rings. The van der Waals surface area contributed by atoms with Gasteiger partial charge in [0.1, 0.15) is 18.2 Å². The van der Waals surface area contributed by atoms with Crippen LogP contribution in [0, 0.1) is 0 Å². The van der Waals surface area contributed by atoms with Crippen molar-refractivity contribution < 1.29 is 13.2 Å². The van der Waals surface area contributed by atoms with Crippen LogP contribution in [0.2, 0.25) is 0 Å². The predicted molar refractivity (Wildman–Crippen MR) is 78.0 cm³/mol. The molecule has 1 rings (SSSR count). The van der Waals surface area contributed by atoms with Crippen LogP contribution >= 0.6 is 0 Å². The minimum Gasteiger partial charge on any atom is -0.374 e. The summed E-state index contributed by atoms with van der Waals surface area (Å²) >= 11 is 0. The molecule has 0 saturated carbocycles. The van der Waals surface area contributed by atoms with Gasteiger partial charge in [0, 0.05) is 25.0 Å². The summed E-state index contributed by atoms with van der Waals surface area (Å²) in [5.41, 5.74) is 2.44. The highest BCUT2D eigenvalue weighted by atomic mass is 32.2. The van der Waals surface area contributed by atoms with Gasteiger partial charge in [0.15, 0.2) is 15.7 Å². The van der Waals surface area contributed by atoms with Crippen molar-refractivity contribution in [3.8, 4) is 0 Å². The van der Waals surface area contributed by atoms with Crippen molar-refractivity contribution in [2.45, 2.75) is 20.5 Å². The second-order valence-electron chi connectivity index (χ2n) is 4.00. The van der Waals surface area contributed by atoms with Gasteiger partial charge in [0.2, 0.25) is 0 Å². The number of hydrogen-bond acceptors (Lipinski definition) is 8. The number of anilines is 2. The number of sulfone groups is 1. The summed E-state index contributed by atoms with van der Waals surface area (Å²) in [6.07, 6.45) is 0. The SMILES string of the molecule is CCOCc1nc(NN)cc(NCCS(=O)(=O)CC)n1. The average Bonchev–Trinajstić information content (AvgIpc) is 2.44. The number of hydrogen-bond donors (Lipinski definition) is 3. The molecule has 0 saturated heterocycles. The lowest BCUT2D eigenvalue weighted by molar-refractivity contribution is 0.128. The maximum absolute atomic E-state index is 11.4. The molecule has 0 aromatic carbocycles. The fraction of sp³-hybridized carbons (Fsp3) is 0.636. The van der Waals surface area contributed by atoms with Gasteiger partial charge in [-0.1, -0.05) is 6.92 Å². The summed E-state index contributed by atoms with van der Waals surface area (Å²) in [5, 5.41) is 2.95. The summed E-state index contributed by atoms with van der Waals surface area (Å²) in [5.74, 6) is 6.94. The molecule has 0 atom stereocenters. The summed E-state index contributed by atoms with van der Waals surface area (Å²) < 4.78 is 28.0. The number of ether oxygens (including phenoxy) is 1.